The topological polar surface area (TPSA) is 36.9 Å². The number of hydrogen-bond donors (Lipinski definition) is 0. The van der Waals surface area contributed by atoms with E-state index in [1.54, 1.807) is 32.4 Å². The van der Waals surface area contributed by atoms with Crippen LogP contribution in [0.3, 0.4) is 0 Å². The van der Waals surface area contributed by atoms with E-state index in [1.165, 1.54) is 6.08 Å². The molecule has 0 spiro atoms. The van der Waals surface area contributed by atoms with Crippen molar-refractivity contribution in [1.82, 2.24) is 0 Å². The van der Waals surface area contributed by atoms with E-state index in [0.717, 1.165) is 0 Å². The van der Waals surface area contributed by atoms with Gasteiger partial charge in [0, 0.05) is 6.07 Å². The molecule has 0 amide bonds. The lowest BCUT2D eigenvalue weighted by Gasteiger charge is -2.32. The van der Waals surface area contributed by atoms with E-state index < -0.39 is 24.0 Å². The minimum Gasteiger partial charge on any atom is -0.497 e. The standard InChI is InChI=1S/C16H22BFO4/c1-15(2)16(3,4)22-17(21-15)14(18)9-11-7-12(19-5)10-13(8-11)20-6/h7-10H,1-6H3/b14-9-. The molecule has 1 aromatic carbocycles. The van der Waals surface area contributed by atoms with E-state index in [9.17, 15) is 4.39 Å². The van der Waals surface area contributed by atoms with Gasteiger partial charge in [-0.25, -0.2) is 4.39 Å². The van der Waals surface area contributed by atoms with Gasteiger partial charge in [0.05, 0.1) is 25.4 Å². The summed E-state index contributed by atoms with van der Waals surface area (Å²) in [6, 6.07) is 5.16. The van der Waals surface area contributed by atoms with Crippen LogP contribution in [0.25, 0.3) is 6.08 Å². The maximum absolute atomic E-state index is 14.5. The Morgan fingerprint density at radius 2 is 1.45 bits per heavy atom. The van der Waals surface area contributed by atoms with Crippen molar-refractivity contribution in [3.63, 3.8) is 0 Å². The zero-order valence-electron chi connectivity index (χ0n) is 13.9. The zero-order valence-corrected chi connectivity index (χ0v) is 13.9. The second-order valence-electron chi connectivity index (χ2n) is 6.26. The van der Waals surface area contributed by atoms with Gasteiger partial charge in [0.15, 0.2) is 0 Å². The van der Waals surface area contributed by atoms with Gasteiger partial charge in [-0.1, -0.05) is 0 Å². The Morgan fingerprint density at radius 1 is 1.00 bits per heavy atom. The molecule has 6 heteroatoms. The molecule has 0 aliphatic carbocycles. The fourth-order valence-electron chi connectivity index (χ4n) is 2.10. The van der Waals surface area contributed by atoms with Gasteiger partial charge in [0.1, 0.15) is 17.2 Å². The number of ether oxygens (including phenoxy) is 2. The highest BCUT2D eigenvalue weighted by atomic mass is 19.1. The lowest BCUT2D eigenvalue weighted by atomic mass is 9.87. The van der Waals surface area contributed by atoms with Gasteiger partial charge in [-0.3, -0.25) is 0 Å². The molecule has 4 nitrogen and oxygen atoms in total. The molecule has 1 saturated heterocycles. The van der Waals surface area contributed by atoms with Gasteiger partial charge in [-0.15, -0.1) is 0 Å². The van der Waals surface area contributed by atoms with Crippen molar-refractivity contribution >= 4 is 13.2 Å². The Bertz CT molecular complexity index is 545. The number of methoxy groups -OCH3 is 2. The molecule has 0 bridgehead atoms. The Kier molecular flexibility index (Phi) is 4.54. The second kappa shape index (κ2) is 5.93. The van der Waals surface area contributed by atoms with E-state index in [4.69, 9.17) is 18.8 Å². The molecule has 0 unspecified atom stereocenters. The first-order chi connectivity index (χ1) is 10.2. The molecule has 1 heterocycles. The van der Waals surface area contributed by atoms with Gasteiger partial charge >= 0.3 is 7.12 Å². The van der Waals surface area contributed by atoms with Crippen LogP contribution in [0.4, 0.5) is 4.39 Å². The van der Waals surface area contributed by atoms with E-state index in [0.29, 0.717) is 17.1 Å². The average molecular weight is 308 g/mol. The number of rotatable bonds is 4. The van der Waals surface area contributed by atoms with Crippen molar-refractivity contribution < 1.29 is 23.2 Å². The van der Waals surface area contributed by atoms with Crippen LogP contribution in [0.1, 0.15) is 33.3 Å². The lowest BCUT2D eigenvalue weighted by Crippen LogP contribution is -2.41. The van der Waals surface area contributed by atoms with Crippen LogP contribution in [0.2, 0.25) is 0 Å². The first-order valence-electron chi connectivity index (χ1n) is 7.14. The third kappa shape index (κ3) is 3.28. The van der Waals surface area contributed by atoms with Crippen molar-refractivity contribution in [3.8, 4) is 11.5 Å². The SMILES string of the molecule is COc1cc(/C=C(\F)B2OC(C)(C)C(C)(C)O2)cc(OC)c1. The third-order valence-electron chi connectivity index (χ3n) is 4.16. The minimum absolute atomic E-state index is 0.492. The summed E-state index contributed by atoms with van der Waals surface area (Å²) in [5, 5.41) is 0. The van der Waals surface area contributed by atoms with Gasteiger partial charge < -0.3 is 18.8 Å². The Balaban J connectivity index is 2.27. The first-order valence-corrected chi connectivity index (χ1v) is 7.14. The van der Waals surface area contributed by atoms with E-state index in [2.05, 4.69) is 0 Å². The molecule has 0 aromatic heterocycles. The molecule has 22 heavy (non-hydrogen) atoms. The van der Waals surface area contributed by atoms with Crippen molar-refractivity contribution in [2.24, 2.45) is 0 Å². The molecule has 0 saturated carbocycles. The summed E-state index contributed by atoms with van der Waals surface area (Å²) in [6.45, 7) is 7.54. The molecule has 1 aliphatic rings. The summed E-state index contributed by atoms with van der Waals surface area (Å²) in [5.41, 5.74) is -1.03. The van der Waals surface area contributed by atoms with Crippen LogP contribution in [0.5, 0.6) is 11.5 Å². The number of halogens is 1. The van der Waals surface area contributed by atoms with Crippen molar-refractivity contribution in [2.45, 2.75) is 38.9 Å². The van der Waals surface area contributed by atoms with Crippen LogP contribution in [0, 0.1) is 0 Å². The summed E-state index contributed by atoms with van der Waals surface area (Å²) >= 11 is 0. The molecule has 120 valence electrons. The van der Waals surface area contributed by atoms with Gasteiger partial charge in [-0.05, 0) is 51.5 Å². The molecule has 0 atom stereocenters. The van der Waals surface area contributed by atoms with Crippen molar-refractivity contribution in [1.29, 1.82) is 0 Å². The van der Waals surface area contributed by atoms with Crippen molar-refractivity contribution in [2.75, 3.05) is 14.2 Å². The normalized spacial score (nSPS) is 20.1. The van der Waals surface area contributed by atoms with Gasteiger partial charge in [0.2, 0.25) is 0 Å². The molecular weight excluding hydrogens is 286 g/mol. The van der Waals surface area contributed by atoms with Crippen LogP contribution in [0.15, 0.2) is 23.9 Å². The molecule has 1 aromatic rings. The first kappa shape index (κ1) is 16.8. The van der Waals surface area contributed by atoms with Crippen LogP contribution >= 0.6 is 0 Å². The quantitative estimate of drug-likeness (QED) is 0.796. The molecule has 2 rings (SSSR count). The van der Waals surface area contributed by atoms with E-state index >= 15 is 0 Å². The zero-order chi connectivity index (χ0) is 16.5. The average Bonchev–Trinajstić information content (AvgIpc) is 2.67. The lowest BCUT2D eigenvalue weighted by molar-refractivity contribution is 0.00578. The van der Waals surface area contributed by atoms with Crippen LogP contribution in [-0.4, -0.2) is 32.5 Å². The highest BCUT2D eigenvalue weighted by Crippen LogP contribution is 2.39. The van der Waals surface area contributed by atoms with Crippen molar-refractivity contribution in [3.05, 3.63) is 29.5 Å². The monoisotopic (exact) mass is 308 g/mol. The smallest absolute Gasteiger partial charge is 0.497 e. The van der Waals surface area contributed by atoms with Gasteiger partial charge in [-0.2, -0.15) is 0 Å². The maximum atomic E-state index is 14.5. The second-order valence-corrected chi connectivity index (χ2v) is 6.26. The fraction of sp³-hybridized carbons (Fsp3) is 0.500. The Labute approximate surface area is 131 Å². The Morgan fingerprint density at radius 3 is 1.86 bits per heavy atom. The summed E-state index contributed by atoms with van der Waals surface area (Å²) in [7, 11) is 2.09. The Hall–Kier alpha value is -1.53. The third-order valence-corrected chi connectivity index (χ3v) is 4.16. The summed E-state index contributed by atoms with van der Waals surface area (Å²) in [4.78, 5) is 0. The minimum atomic E-state index is -1.01. The predicted molar refractivity (Wildman–Crippen MR) is 84.7 cm³/mol. The highest BCUT2D eigenvalue weighted by molar-refractivity contribution is 6.54. The summed E-state index contributed by atoms with van der Waals surface area (Å²) in [5.74, 6) is 1.18. The van der Waals surface area contributed by atoms with E-state index in [1.807, 2.05) is 27.7 Å². The molecular formula is C16H22BFO4. The molecule has 0 radical (unpaired) electrons. The van der Waals surface area contributed by atoms with Crippen LogP contribution < -0.4 is 9.47 Å². The maximum Gasteiger partial charge on any atom is 0.525 e. The summed E-state index contributed by atoms with van der Waals surface area (Å²) < 4.78 is 36.2. The number of hydrogen-bond acceptors (Lipinski definition) is 4. The molecule has 0 N–H and O–H groups in total. The largest absolute Gasteiger partial charge is 0.525 e. The van der Waals surface area contributed by atoms with E-state index in [-0.39, 0.29) is 0 Å². The fourth-order valence-corrected chi connectivity index (χ4v) is 2.10. The predicted octanol–water partition coefficient (Wildman–Crippen LogP) is 3.65. The highest BCUT2D eigenvalue weighted by Gasteiger charge is 2.53. The number of benzene rings is 1. The molecule has 1 fully saturated rings. The van der Waals surface area contributed by atoms with Gasteiger partial charge in [0.25, 0.3) is 0 Å². The van der Waals surface area contributed by atoms with Crippen LogP contribution in [-0.2, 0) is 9.31 Å². The summed E-state index contributed by atoms with van der Waals surface area (Å²) in [6.07, 6.45) is 1.37. The molecule has 1 aliphatic heterocycles.